The van der Waals surface area contributed by atoms with Gasteiger partial charge in [0.15, 0.2) is 0 Å². The Morgan fingerprint density at radius 1 is 1.27 bits per heavy atom. The highest BCUT2D eigenvalue weighted by atomic mass is 15.5. The van der Waals surface area contributed by atoms with E-state index in [1.54, 1.807) is 0 Å². The Hall–Kier alpha value is -1.74. The molecular formula is C12H17N3. The highest BCUT2D eigenvalue weighted by Gasteiger charge is 2.00. The van der Waals surface area contributed by atoms with Gasteiger partial charge >= 0.3 is 0 Å². The van der Waals surface area contributed by atoms with Gasteiger partial charge in [0.25, 0.3) is 0 Å². The van der Waals surface area contributed by atoms with Crippen molar-refractivity contribution >= 4 is 11.4 Å². The van der Waals surface area contributed by atoms with E-state index < -0.39 is 0 Å². The number of hydrogen-bond acceptors (Lipinski definition) is 3. The maximum Gasteiger partial charge on any atom is 0.0510 e. The molecule has 1 aromatic rings. The first-order valence-corrected chi connectivity index (χ1v) is 4.85. The SMILES string of the molecule is C=CCN(CC=C)Nc1cccc(N)c1. The monoisotopic (exact) mass is 203 g/mol. The second kappa shape index (κ2) is 5.88. The molecule has 0 fully saturated rings. The van der Waals surface area contributed by atoms with Crippen molar-refractivity contribution < 1.29 is 0 Å². The Bertz CT molecular complexity index is 323. The smallest absolute Gasteiger partial charge is 0.0510 e. The Morgan fingerprint density at radius 2 is 1.93 bits per heavy atom. The maximum absolute atomic E-state index is 5.68. The van der Waals surface area contributed by atoms with Crippen molar-refractivity contribution in [3.05, 3.63) is 49.6 Å². The molecule has 0 amide bonds. The van der Waals surface area contributed by atoms with Gasteiger partial charge in [-0.1, -0.05) is 18.2 Å². The van der Waals surface area contributed by atoms with Gasteiger partial charge in [-0.25, -0.2) is 5.01 Å². The summed E-state index contributed by atoms with van der Waals surface area (Å²) in [5.41, 5.74) is 10.6. The second-order valence-corrected chi connectivity index (χ2v) is 3.22. The van der Waals surface area contributed by atoms with Gasteiger partial charge in [-0.3, -0.25) is 0 Å². The number of hydrazine groups is 1. The highest BCUT2D eigenvalue weighted by Crippen LogP contribution is 2.12. The van der Waals surface area contributed by atoms with Crippen LogP contribution in [0, 0.1) is 0 Å². The number of rotatable bonds is 6. The predicted octanol–water partition coefficient (Wildman–Crippen LogP) is 2.27. The third kappa shape index (κ3) is 3.87. The maximum atomic E-state index is 5.68. The quantitative estimate of drug-likeness (QED) is 0.423. The lowest BCUT2D eigenvalue weighted by Crippen LogP contribution is -2.30. The molecule has 0 aliphatic carbocycles. The average Bonchev–Trinajstić information content (AvgIpc) is 2.18. The summed E-state index contributed by atoms with van der Waals surface area (Å²) >= 11 is 0. The van der Waals surface area contributed by atoms with E-state index in [1.165, 1.54) is 0 Å². The molecule has 0 bridgehead atoms. The molecule has 15 heavy (non-hydrogen) atoms. The third-order valence-corrected chi connectivity index (χ3v) is 1.87. The molecule has 0 aromatic heterocycles. The summed E-state index contributed by atoms with van der Waals surface area (Å²) in [4.78, 5) is 0. The van der Waals surface area contributed by atoms with Crippen LogP contribution in [-0.4, -0.2) is 18.1 Å². The van der Waals surface area contributed by atoms with E-state index in [-0.39, 0.29) is 0 Å². The third-order valence-electron chi connectivity index (χ3n) is 1.87. The van der Waals surface area contributed by atoms with E-state index in [0.29, 0.717) is 0 Å². The topological polar surface area (TPSA) is 41.3 Å². The molecule has 0 radical (unpaired) electrons. The van der Waals surface area contributed by atoms with E-state index in [9.17, 15) is 0 Å². The van der Waals surface area contributed by atoms with Crippen LogP contribution in [0.4, 0.5) is 11.4 Å². The molecular weight excluding hydrogens is 186 g/mol. The Morgan fingerprint density at radius 3 is 2.47 bits per heavy atom. The molecule has 0 saturated heterocycles. The highest BCUT2D eigenvalue weighted by molar-refractivity contribution is 5.53. The lowest BCUT2D eigenvalue weighted by atomic mass is 10.3. The lowest BCUT2D eigenvalue weighted by Gasteiger charge is -2.21. The minimum Gasteiger partial charge on any atom is -0.399 e. The van der Waals surface area contributed by atoms with Crippen LogP contribution in [0.15, 0.2) is 49.6 Å². The average molecular weight is 203 g/mol. The molecule has 0 spiro atoms. The Labute approximate surface area is 90.9 Å². The normalized spacial score (nSPS) is 9.93. The van der Waals surface area contributed by atoms with Gasteiger partial charge in [-0.15, -0.1) is 13.2 Å². The van der Waals surface area contributed by atoms with Crippen molar-refractivity contribution in [1.82, 2.24) is 5.01 Å². The summed E-state index contributed by atoms with van der Waals surface area (Å²) < 4.78 is 0. The molecule has 0 unspecified atom stereocenters. The van der Waals surface area contributed by atoms with Crippen LogP contribution in [-0.2, 0) is 0 Å². The van der Waals surface area contributed by atoms with Crippen LogP contribution in [0.25, 0.3) is 0 Å². The fraction of sp³-hybridized carbons (Fsp3) is 0.167. The number of nitrogens with one attached hydrogen (secondary N) is 1. The predicted molar refractivity (Wildman–Crippen MR) is 66.4 cm³/mol. The number of nitrogen functional groups attached to an aromatic ring is 1. The van der Waals surface area contributed by atoms with E-state index in [1.807, 2.05) is 41.4 Å². The zero-order chi connectivity index (χ0) is 11.1. The fourth-order valence-corrected chi connectivity index (χ4v) is 1.27. The standard InChI is InChI=1S/C12H17N3/c1-3-8-15(9-4-2)14-12-7-5-6-11(13)10-12/h3-7,10,14H,1-2,8-9,13H2. The van der Waals surface area contributed by atoms with Crippen molar-refractivity contribution in [3.63, 3.8) is 0 Å². The van der Waals surface area contributed by atoms with Crippen molar-refractivity contribution in [2.45, 2.75) is 0 Å². The number of anilines is 2. The minimum atomic E-state index is 0.747. The molecule has 1 aromatic carbocycles. The number of benzene rings is 1. The summed E-state index contributed by atoms with van der Waals surface area (Å²) in [6, 6.07) is 7.63. The molecule has 1 rings (SSSR count). The zero-order valence-corrected chi connectivity index (χ0v) is 8.82. The molecule has 80 valence electrons. The van der Waals surface area contributed by atoms with Crippen LogP contribution in [0.2, 0.25) is 0 Å². The fourth-order valence-electron chi connectivity index (χ4n) is 1.27. The van der Waals surface area contributed by atoms with Crippen molar-refractivity contribution in [2.24, 2.45) is 0 Å². The first kappa shape index (κ1) is 11.3. The number of nitrogens with two attached hydrogens (primary N) is 1. The van der Waals surface area contributed by atoms with Crippen LogP contribution in [0.3, 0.4) is 0 Å². The van der Waals surface area contributed by atoms with Gasteiger partial charge in [0.05, 0.1) is 5.69 Å². The van der Waals surface area contributed by atoms with Crippen molar-refractivity contribution in [2.75, 3.05) is 24.2 Å². The lowest BCUT2D eigenvalue weighted by molar-refractivity contribution is 0.406. The van der Waals surface area contributed by atoms with Crippen molar-refractivity contribution in [3.8, 4) is 0 Å². The first-order valence-electron chi connectivity index (χ1n) is 4.85. The Kier molecular flexibility index (Phi) is 4.44. The molecule has 0 saturated carbocycles. The Balaban J connectivity index is 2.64. The van der Waals surface area contributed by atoms with Crippen LogP contribution < -0.4 is 11.2 Å². The van der Waals surface area contributed by atoms with E-state index in [0.717, 1.165) is 24.5 Å². The van der Waals surface area contributed by atoms with Gasteiger partial charge in [-0.05, 0) is 18.2 Å². The van der Waals surface area contributed by atoms with Crippen LogP contribution in [0.1, 0.15) is 0 Å². The van der Waals surface area contributed by atoms with Gasteiger partial charge in [0, 0.05) is 18.8 Å². The summed E-state index contributed by atoms with van der Waals surface area (Å²) in [6.45, 7) is 8.90. The van der Waals surface area contributed by atoms with Gasteiger partial charge < -0.3 is 11.2 Å². The summed E-state index contributed by atoms with van der Waals surface area (Å²) in [6.07, 6.45) is 3.67. The van der Waals surface area contributed by atoms with Crippen molar-refractivity contribution in [1.29, 1.82) is 0 Å². The van der Waals surface area contributed by atoms with Gasteiger partial charge in [0.1, 0.15) is 0 Å². The number of hydrogen-bond donors (Lipinski definition) is 2. The molecule has 0 heterocycles. The van der Waals surface area contributed by atoms with E-state index >= 15 is 0 Å². The second-order valence-electron chi connectivity index (χ2n) is 3.22. The van der Waals surface area contributed by atoms with Crippen LogP contribution in [0.5, 0.6) is 0 Å². The molecule has 0 atom stereocenters. The molecule has 0 aliphatic rings. The molecule has 3 N–H and O–H groups in total. The first-order chi connectivity index (χ1) is 7.26. The van der Waals surface area contributed by atoms with Gasteiger partial charge in [-0.2, -0.15) is 0 Å². The molecule has 0 aliphatic heterocycles. The van der Waals surface area contributed by atoms with Crippen LogP contribution >= 0.6 is 0 Å². The summed E-state index contributed by atoms with van der Waals surface area (Å²) in [5.74, 6) is 0. The summed E-state index contributed by atoms with van der Waals surface area (Å²) in [5, 5.41) is 1.99. The summed E-state index contributed by atoms with van der Waals surface area (Å²) in [7, 11) is 0. The number of nitrogens with zero attached hydrogens (tertiary/aromatic N) is 1. The molecule has 3 heteroatoms. The zero-order valence-electron chi connectivity index (χ0n) is 8.82. The van der Waals surface area contributed by atoms with E-state index in [4.69, 9.17) is 5.73 Å². The van der Waals surface area contributed by atoms with Gasteiger partial charge in [0.2, 0.25) is 0 Å². The minimum absolute atomic E-state index is 0.747. The molecule has 3 nitrogen and oxygen atoms in total. The van der Waals surface area contributed by atoms with E-state index in [2.05, 4.69) is 18.6 Å². The largest absolute Gasteiger partial charge is 0.399 e.